The maximum atomic E-state index is 5.96. The molecule has 5 nitrogen and oxygen atoms in total. The molecule has 24 heavy (non-hydrogen) atoms. The first-order valence-corrected chi connectivity index (χ1v) is 9.15. The number of hydrogen-bond acceptors (Lipinski definition) is 4. The number of fused-ring (bicyclic) bond motifs is 1. The summed E-state index contributed by atoms with van der Waals surface area (Å²) in [5, 5.41) is 5.39. The maximum absolute atomic E-state index is 5.96. The molecule has 0 unspecified atom stereocenters. The van der Waals surface area contributed by atoms with Gasteiger partial charge < -0.3 is 9.30 Å². The predicted octanol–water partition coefficient (Wildman–Crippen LogP) is 3.76. The van der Waals surface area contributed by atoms with Crippen LogP contribution >= 0.6 is 23.8 Å². The van der Waals surface area contributed by atoms with E-state index in [0.717, 1.165) is 35.9 Å². The van der Waals surface area contributed by atoms with Crippen LogP contribution in [0.5, 0.6) is 5.75 Å². The van der Waals surface area contributed by atoms with Crippen LogP contribution in [0, 0.1) is 4.77 Å². The van der Waals surface area contributed by atoms with Gasteiger partial charge in [-0.05, 0) is 50.3 Å². The summed E-state index contributed by atoms with van der Waals surface area (Å²) >= 11 is 11.5. The smallest absolute Gasteiger partial charge is 0.199 e. The van der Waals surface area contributed by atoms with E-state index in [-0.39, 0.29) is 0 Å². The number of ether oxygens (including phenoxy) is 1. The molecular formula is C17H23ClN4OS. The van der Waals surface area contributed by atoms with Crippen LogP contribution in [0.25, 0.3) is 0 Å². The molecule has 1 aromatic heterocycles. The number of benzene rings is 1. The quantitative estimate of drug-likeness (QED) is 0.729. The molecule has 0 radical (unpaired) electrons. The topological polar surface area (TPSA) is 35.2 Å². The third-order valence-electron chi connectivity index (χ3n) is 4.19. The van der Waals surface area contributed by atoms with Crippen LogP contribution in [0.4, 0.5) is 0 Å². The molecule has 1 aliphatic rings. The molecule has 0 saturated carbocycles. The van der Waals surface area contributed by atoms with Gasteiger partial charge in [0.2, 0.25) is 0 Å². The van der Waals surface area contributed by atoms with Gasteiger partial charge in [0.1, 0.15) is 18.2 Å². The summed E-state index contributed by atoms with van der Waals surface area (Å²) in [4.78, 5) is 2.16. The van der Waals surface area contributed by atoms with Gasteiger partial charge in [0, 0.05) is 24.5 Å². The Morgan fingerprint density at radius 2 is 2.21 bits per heavy atom. The van der Waals surface area contributed by atoms with Crippen molar-refractivity contribution in [1.29, 1.82) is 0 Å². The van der Waals surface area contributed by atoms with Gasteiger partial charge in [-0.25, -0.2) is 4.68 Å². The second-order valence-electron chi connectivity index (χ2n) is 6.19. The van der Waals surface area contributed by atoms with E-state index in [1.54, 1.807) is 0 Å². The summed E-state index contributed by atoms with van der Waals surface area (Å²) in [5.41, 5.74) is 0. The normalized spacial score (nSPS) is 14.5. The van der Waals surface area contributed by atoms with Gasteiger partial charge in [0.15, 0.2) is 4.77 Å². The first-order chi connectivity index (χ1) is 11.6. The van der Waals surface area contributed by atoms with Crippen molar-refractivity contribution in [2.75, 3.05) is 20.2 Å². The minimum absolute atomic E-state index is 0.595. The van der Waals surface area contributed by atoms with Crippen molar-refractivity contribution in [3.8, 4) is 5.75 Å². The van der Waals surface area contributed by atoms with Gasteiger partial charge in [0.25, 0.3) is 0 Å². The number of hydrogen-bond donors (Lipinski definition) is 0. The van der Waals surface area contributed by atoms with Crippen LogP contribution in [0.15, 0.2) is 24.3 Å². The Morgan fingerprint density at radius 3 is 3.04 bits per heavy atom. The van der Waals surface area contributed by atoms with Gasteiger partial charge in [-0.3, -0.25) is 4.90 Å². The van der Waals surface area contributed by atoms with E-state index in [4.69, 9.17) is 33.7 Å². The lowest BCUT2D eigenvalue weighted by atomic mass is 10.2. The molecule has 0 amide bonds. The highest BCUT2D eigenvalue weighted by atomic mass is 35.5. The van der Waals surface area contributed by atoms with Gasteiger partial charge in [-0.15, -0.1) is 0 Å². The van der Waals surface area contributed by atoms with Crippen molar-refractivity contribution in [3.63, 3.8) is 0 Å². The number of nitrogens with zero attached hydrogens (tertiary/aromatic N) is 4. The Hall–Kier alpha value is -1.37. The van der Waals surface area contributed by atoms with Gasteiger partial charge in [-0.2, -0.15) is 5.10 Å². The number of rotatable bonds is 6. The zero-order valence-corrected chi connectivity index (χ0v) is 15.5. The Labute approximate surface area is 152 Å². The lowest BCUT2D eigenvalue weighted by Crippen LogP contribution is -2.27. The largest absolute Gasteiger partial charge is 0.492 e. The average Bonchev–Trinajstić information content (AvgIpc) is 2.73. The molecule has 0 saturated heterocycles. The third kappa shape index (κ3) is 4.37. The molecule has 0 atom stereocenters. The molecule has 3 rings (SSSR count). The standard InChI is InChI=1S/C17H23ClN4OS/c1-20(10-11-23-15-7-5-6-14(18)12-15)13-22-17(24)21-9-4-2-3-8-16(21)19-22/h5-7,12H,2-4,8-11,13H2,1H3. The maximum Gasteiger partial charge on any atom is 0.199 e. The summed E-state index contributed by atoms with van der Waals surface area (Å²) in [6, 6.07) is 7.46. The molecule has 1 aliphatic heterocycles. The van der Waals surface area contributed by atoms with E-state index < -0.39 is 0 Å². The van der Waals surface area contributed by atoms with Crippen LogP contribution in [0.2, 0.25) is 5.02 Å². The van der Waals surface area contributed by atoms with E-state index in [2.05, 4.69) is 9.47 Å². The van der Waals surface area contributed by atoms with E-state index in [1.165, 1.54) is 19.3 Å². The second-order valence-corrected chi connectivity index (χ2v) is 6.99. The van der Waals surface area contributed by atoms with E-state index in [1.807, 2.05) is 36.0 Å². The highest BCUT2D eigenvalue weighted by Gasteiger charge is 2.14. The highest BCUT2D eigenvalue weighted by Crippen LogP contribution is 2.17. The summed E-state index contributed by atoms with van der Waals surface area (Å²) in [6.45, 7) is 3.06. The Bertz CT molecular complexity index is 742. The van der Waals surface area contributed by atoms with Crippen molar-refractivity contribution < 1.29 is 4.74 Å². The minimum atomic E-state index is 0.595. The molecule has 0 N–H and O–H groups in total. The van der Waals surface area contributed by atoms with Crippen molar-refractivity contribution in [1.82, 2.24) is 19.2 Å². The fraction of sp³-hybridized carbons (Fsp3) is 0.529. The van der Waals surface area contributed by atoms with E-state index in [0.29, 0.717) is 18.3 Å². The Morgan fingerprint density at radius 1 is 1.33 bits per heavy atom. The molecule has 0 bridgehead atoms. The number of aryl methyl sites for hydroxylation is 1. The van der Waals surface area contributed by atoms with Crippen molar-refractivity contribution in [3.05, 3.63) is 39.9 Å². The van der Waals surface area contributed by atoms with Crippen LogP contribution < -0.4 is 4.74 Å². The molecule has 0 spiro atoms. The van der Waals surface area contributed by atoms with Crippen molar-refractivity contribution in [2.45, 2.75) is 38.9 Å². The van der Waals surface area contributed by atoms with Gasteiger partial charge in [-0.1, -0.05) is 24.1 Å². The molecule has 1 aromatic carbocycles. The van der Waals surface area contributed by atoms with Crippen LogP contribution in [-0.4, -0.2) is 39.4 Å². The number of likely N-dealkylation sites (N-methyl/N-ethyl adjacent to an activating group) is 1. The highest BCUT2D eigenvalue weighted by molar-refractivity contribution is 7.71. The summed E-state index contributed by atoms with van der Waals surface area (Å²) in [6.07, 6.45) is 4.68. The van der Waals surface area contributed by atoms with Crippen molar-refractivity contribution in [2.24, 2.45) is 0 Å². The lowest BCUT2D eigenvalue weighted by molar-refractivity contribution is 0.197. The van der Waals surface area contributed by atoms with E-state index >= 15 is 0 Å². The zero-order valence-electron chi connectivity index (χ0n) is 13.9. The number of halogens is 1. The molecule has 2 aromatic rings. The average molecular weight is 367 g/mol. The Kier molecular flexibility index (Phi) is 5.92. The summed E-state index contributed by atoms with van der Waals surface area (Å²) in [5.74, 6) is 1.92. The SMILES string of the molecule is CN(CCOc1cccc(Cl)c1)Cn1nc2n(c1=S)CCCCC2. The first-order valence-electron chi connectivity index (χ1n) is 8.37. The van der Waals surface area contributed by atoms with E-state index in [9.17, 15) is 0 Å². The molecular weight excluding hydrogens is 344 g/mol. The third-order valence-corrected chi connectivity index (χ3v) is 4.86. The predicted molar refractivity (Wildman–Crippen MR) is 98.2 cm³/mol. The van der Waals surface area contributed by atoms with Crippen LogP contribution in [0.1, 0.15) is 25.1 Å². The Balaban J connectivity index is 1.53. The van der Waals surface area contributed by atoms with Gasteiger partial charge >= 0.3 is 0 Å². The second kappa shape index (κ2) is 8.14. The minimum Gasteiger partial charge on any atom is -0.492 e. The summed E-state index contributed by atoms with van der Waals surface area (Å²) in [7, 11) is 2.05. The molecule has 0 fully saturated rings. The zero-order chi connectivity index (χ0) is 16.9. The first kappa shape index (κ1) is 17.5. The number of aromatic nitrogens is 3. The lowest BCUT2D eigenvalue weighted by Gasteiger charge is -2.16. The molecule has 7 heteroatoms. The molecule has 0 aliphatic carbocycles. The monoisotopic (exact) mass is 366 g/mol. The molecule has 130 valence electrons. The summed E-state index contributed by atoms with van der Waals surface area (Å²) < 4.78 is 10.7. The molecule has 2 heterocycles. The van der Waals surface area contributed by atoms with Crippen LogP contribution in [-0.2, 0) is 19.6 Å². The fourth-order valence-corrected chi connectivity index (χ4v) is 3.37. The van der Waals surface area contributed by atoms with Crippen molar-refractivity contribution >= 4 is 23.8 Å². The fourth-order valence-electron chi connectivity index (χ4n) is 2.89. The van der Waals surface area contributed by atoms with Crippen LogP contribution in [0.3, 0.4) is 0 Å². The van der Waals surface area contributed by atoms with Gasteiger partial charge in [0.05, 0.1) is 6.67 Å².